The molecule has 0 aromatic heterocycles. The lowest BCUT2D eigenvalue weighted by Crippen LogP contribution is -2.08. The van der Waals surface area contributed by atoms with Crippen LogP contribution in [0.25, 0.3) is 0 Å². The van der Waals surface area contributed by atoms with E-state index >= 15 is 0 Å². The van der Waals surface area contributed by atoms with Gasteiger partial charge in [-0.2, -0.15) is 0 Å². The van der Waals surface area contributed by atoms with Gasteiger partial charge in [0.1, 0.15) is 5.75 Å². The van der Waals surface area contributed by atoms with Gasteiger partial charge in [-0.25, -0.2) is 0 Å². The summed E-state index contributed by atoms with van der Waals surface area (Å²) < 4.78 is 5.82. The van der Waals surface area contributed by atoms with Crippen LogP contribution in [0.15, 0.2) is 48.5 Å². The number of hydrogen-bond donors (Lipinski definition) is 1. The number of benzene rings is 2. The number of hydrogen-bond acceptors (Lipinski definition) is 2. The smallest absolute Gasteiger partial charge is 0.142 e. The van der Waals surface area contributed by atoms with Gasteiger partial charge in [0.15, 0.2) is 0 Å². The van der Waals surface area contributed by atoms with Crippen molar-refractivity contribution in [2.24, 2.45) is 0 Å². The van der Waals surface area contributed by atoms with Gasteiger partial charge in [-0.1, -0.05) is 50.2 Å². The lowest BCUT2D eigenvalue weighted by Gasteiger charge is -2.15. The number of ether oxygens (including phenoxy) is 1. The summed E-state index contributed by atoms with van der Waals surface area (Å²) in [5.74, 6) is 1.48. The first-order chi connectivity index (χ1) is 10.1. The molecule has 0 aliphatic rings. The maximum atomic E-state index is 5.82. The third-order valence-electron chi connectivity index (χ3n) is 3.38. The standard InChI is InChI=1S/C19H25NO/c1-14(2)17-11-9-16(10-12-17)13-20-18-7-5-6-8-19(18)21-15(3)4/h5-12,14-15,20H,13H2,1-4H3. The average Bonchev–Trinajstić information content (AvgIpc) is 2.46. The van der Waals surface area contributed by atoms with Crippen LogP contribution in [0.4, 0.5) is 5.69 Å². The summed E-state index contributed by atoms with van der Waals surface area (Å²) in [5.41, 5.74) is 3.69. The summed E-state index contributed by atoms with van der Waals surface area (Å²) in [6, 6.07) is 16.9. The summed E-state index contributed by atoms with van der Waals surface area (Å²) in [4.78, 5) is 0. The highest BCUT2D eigenvalue weighted by Crippen LogP contribution is 2.25. The van der Waals surface area contributed by atoms with Crippen molar-refractivity contribution in [3.63, 3.8) is 0 Å². The van der Waals surface area contributed by atoms with Gasteiger partial charge in [0.05, 0.1) is 11.8 Å². The molecule has 2 nitrogen and oxygen atoms in total. The van der Waals surface area contributed by atoms with Gasteiger partial charge in [-0.05, 0) is 43.0 Å². The Morgan fingerprint density at radius 2 is 1.57 bits per heavy atom. The van der Waals surface area contributed by atoms with Crippen molar-refractivity contribution in [2.75, 3.05) is 5.32 Å². The van der Waals surface area contributed by atoms with Crippen molar-refractivity contribution >= 4 is 5.69 Å². The highest BCUT2D eigenvalue weighted by molar-refractivity contribution is 5.56. The van der Waals surface area contributed by atoms with Crippen molar-refractivity contribution < 1.29 is 4.74 Å². The molecule has 0 bridgehead atoms. The molecule has 0 radical (unpaired) electrons. The van der Waals surface area contributed by atoms with Crippen molar-refractivity contribution in [1.29, 1.82) is 0 Å². The quantitative estimate of drug-likeness (QED) is 0.785. The SMILES string of the molecule is CC(C)Oc1ccccc1NCc1ccc(C(C)C)cc1. The van der Waals surface area contributed by atoms with Crippen LogP contribution in [0.2, 0.25) is 0 Å². The summed E-state index contributed by atoms with van der Waals surface area (Å²) >= 11 is 0. The minimum Gasteiger partial charge on any atom is -0.489 e. The molecule has 0 spiro atoms. The van der Waals surface area contributed by atoms with Gasteiger partial charge in [-0.15, -0.1) is 0 Å². The van der Waals surface area contributed by atoms with Gasteiger partial charge in [-0.3, -0.25) is 0 Å². The lowest BCUT2D eigenvalue weighted by molar-refractivity contribution is 0.243. The number of nitrogens with one attached hydrogen (secondary N) is 1. The molecule has 0 heterocycles. The summed E-state index contributed by atoms with van der Waals surface area (Å²) in [7, 11) is 0. The van der Waals surface area contributed by atoms with Crippen LogP contribution in [0, 0.1) is 0 Å². The maximum absolute atomic E-state index is 5.82. The van der Waals surface area contributed by atoms with E-state index in [4.69, 9.17) is 4.74 Å². The Morgan fingerprint density at radius 1 is 0.905 bits per heavy atom. The fraction of sp³-hybridized carbons (Fsp3) is 0.368. The van der Waals surface area contributed by atoms with Gasteiger partial charge in [0.2, 0.25) is 0 Å². The molecule has 0 unspecified atom stereocenters. The lowest BCUT2D eigenvalue weighted by atomic mass is 10.0. The fourth-order valence-electron chi connectivity index (χ4n) is 2.19. The predicted octanol–water partition coefficient (Wildman–Crippen LogP) is 5.21. The maximum Gasteiger partial charge on any atom is 0.142 e. The van der Waals surface area contributed by atoms with Crippen molar-refractivity contribution in [1.82, 2.24) is 0 Å². The summed E-state index contributed by atoms with van der Waals surface area (Å²) in [6.07, 6.45) is 0.179. The molecular formula is C19H25NO. The second kappa shape index (κ2) is 7.16. The molecular weight excluding hydrogens is 258 g/mol. The zero-order valence-electron chi connectivity index (χ0n) is 13.4. The molecule has 112 valence electrons. The highest BCUT2D eigenvalue weighted by Gasteiger charge is 2.05. The zero-order chi connectivity index (χ0) is 15.2. The van der Waals surface area contributed by atoms with E-state index in [2.05, 4.69) is 49.5 Å². The zero-order valence-corrected chi connectivity index (χ0v) is 13.4. The first-order valence-corrected chi connectivity index (χ1v) is 7.64. The van der Waals surface area contributed by atoms with Gasteiger partial charge in [0, 0.05) is 6.54 Å². The van der Waals surface area contributed by atoms with Crippen LogP contribution in [0.1, 0.15) is 44.7 Å². The molecule has 2 aromatic rings. The minimum atomic E-state index is 0.179. The van der Waals surface area contributed by atoms with Crippen LogP contribution in [-0.2, 0) is 6.54 Å². The third-order valence-corrected chi connectivity index (χ3v) is 3.38. The highest BCUT2D eigenvalue weighted by atomic mass is 16.5. The molecule has 0 amide bonds. The molecule has 2 heteroatoms. The Bertz CT molecular complexity index is 558. The average molecular weight is 283 g/mol. The van der Waals surface area contributed by atoms with Crippen molar-refractivity contribution in [2.45, 2.75) is 46.3 Å². The van der Waals surface area contributed by atoms with Gasteiger partial charge < -0.3 is 10.1 Å². The third kappa shape index (κ3) is 4.52. The van der Waals surface area contributed by atoms with Crippen LogP contribution >= 0.6 is 0 Å². The van der Waals surface area contributed by atoms with Gasteiger partial charge in [0.25, 0.3) is 0 Å². The predicted molar refractivity (Wildman–Crippen MR) is 90.1 cm³/mol. The van der Waals surface area contributed by atoms with E-state index < -0.39 is 0 Å². The topological polar surface area (TPSA) is 21.3 Å². The van der Waals surface area contributed by atoms with E-state index in [0.717, 1.165) is 18.0 Å². The summed E-state index contributed by atoms with van der Waals surface area (Å²) in [6.45, 7) is 9.32. The van der Waals surface area contributed by atoms with E-state index in [-0.39, 0.29) is 6.10 Å². The molecule has 0 atom stereocenters. The Morgan fingerprint density at radius 3 is 2.19 bits per heavy atom. The molecule has 0 saturated heterocycles. The molecule has 0 aliphatic heterocycles. The van der Waals surface area contributed by atoms with Crippen LogP contribution in [-0.4, -0.2) is 6.10 Å². The van der Waals surface area contributed by atoms with E-state index in [0.29, 0.717) is 5.92 Å². The normalized spacial score (nSPS) is 11.0. The van der Waals surface area contributed by atoms with E-state index in [9.17, 15) is 0 Å². The van der Waals surface area contributed by atoms with Crippen LogP contribution < -0.4 is 10.1 Å². The van der Waals surface area contributed by atoms with E-state index in [1.54, 1.807) is 0 Å². The molecule has 0 fully saturated rings. The van der Waals surface area contributed by atoms with Crippen LogP contribution in [0.3, 0.4) is 0 Å². The second-order valence-corrected chi connectivity index (χ2v) is 5.91. The first kappa shape index (κ1) is 15.4. The number of para-hydroxylation sites is 2. The molecule has 1 N–H and O–H groups in total. The van der Waals surface area contributed by atoms with Gasteiger partial charge >= 0.3 is 0 Å². The largest absolute Gasteiger partial charge is 0.489 e. The number of anilines is 1. The Hall–Kier alpha value is -1.96. The molecule has 0 saturated carbocycles. The monoisotopic (exact) mass is 283 g/mol. The number of rotatable bonds is 6. The molecule has 2 rings (SSSR count). The fourth-order valence-corrected chi connectivity index (χ4v) is 2.19. The van der Waals surface area contributed by atoms with E-state index in [1.165, 1.54) is 11.1 Å². The van der Waals surface area contributed by atoms with Crippen LogP contribution in [0.5, 0.6) is 5.75 Å². The van der Waals surface area contributed by atoms with E-state index in [1.807, 2.05) is 32.0 Å². The molecule has 21 heavy (non-hydrogen) atoms. The first-order valence-electron chi connectivity index (χ1n) is 7.64. The Kier molecular flexibility index (Phi) is 5.26. The molecule has 2 aromatic carbocycles. The Labute approximate surface area is 128 Å². The van der Waals surface area contributed by atoms with Crippen molar-refractivity contribution in [3.05, 3.63) is 59.7 Å². The second-order valence-electron chi connectivity index (χ2n) is 5.91. The van der Waals surface area contributed by atoms with Crippen molar-refractivity contribution in [3.8, 4) is 5.75 Å². The minimum absolute atomic E-state index is 0.179. The summed E-state index contributed by atoms with van der Waals surface area (Å²) in [5, 5.41) is 3.46. The molecule has 0 aliphatic carbocycles. The Balaban J connectivity index is 2.02.